The van der Waals surface area contributed by atoms with Crippen LogP contribution in [-0.4, -0.2) is 30.0 Å². The van der Waals surface area contributed by atoms with Crippen LogP contribution in [0.3, 0.4) is 0 Å². The maximum Gasteiger partial charge on any atom is 0.339 e. The summed E-state index contributed by atoms with van der Waals surface area (Å²) in [6, 6.07) is 3.07. The third-order valence-corrected chi connectivity index (χ3v) is 4.33. The van der Waals surface area contributed by atoms with Gasteiger partial charge in [-0.05, 0) is 19.8 Å². The monoisotopic (exact) mass is 291 g/mol. The lowest BCUT2D eigenvalue weighted by Crippen LogP contribution is -2.34. The highest BCUT2D eigenvalue weighted by Crippen LogP contribution is 2.28. The minimum Gasteiger partial charge on any atom is -0.488 e. The number of ether oxygens (including phenoxy) is 1. The molecule has 3 rings (SSSR count). The molecular weight excluding hydrogens is 270 g/mol. The predicted molar refractivity (Wildman–Crippen MR) is 77.3 cm³/mol. The highest BCUT2D eigenvalue weighted by atomic mass is 16.5. The summed E-state index contributed by atoms with van der Waals surface area (Å²) < 4.78 is 10.7. The van der Waals surface area contributed by atoms with Crippen molar-refractivity contribution in [1.29, 1.82) is 0 Å². The van der Waals surface area contributed by atoms with Crippen LogP contribution in [0.25, 0.3) is 0 Å². The minimum atomic E-state index is -0.401. The summed E-state index contributed by atoms with van der Waals surface area (Å²) in [5.74, 6) is 1.57. The lowest BCUT2D eigenvalue weighted by Gasteiger charge is -2.20. The van der Waals surface area contributed by atoms with Gasteiger partial charge >= 0.3 is 5.63 Å². The first-order valence-electron chi connectivity index (χ1n) is 7.69. The summed E-state index contributed by atoms with van der Waals surface area (Å²) in [6.07, 6.45) is 5.18. The second kappa shape index (κ2) is 5.92. The first-order chi connectivity index (χ1) is 10.1. The van der Waals surface area contributed by atoms with E-state index in [-0.39, 0.29) is 17.9 Å². The van der Waals surface area contributed by atoms with Crippen molar-refractivity contribution in [2.24, 2.45) is 5.92 Å². The molecule has 5 heteroatoms. The molecular formula is C16H21NO4. The molecule has 1 aromatic heterocycles. The van der Waals surface area contributed by atoms with Crippen molar-refractivity contribution in [3.63, 3.8) is 0 Å². The predicted octanol–water partition coefficient (Wildman–Crippen LogP) is 2.12. The van der Waals surface area contributed by atoms with Gasteiger partial charge in [-0.1, -0.05) is 12.8 Å². The van der Waals surface area contributed by atoms with E-state index in [9.17, 15) is 9.59 Å². The van der Waals surface area contributed by atoms with Gasteiger partial charge in [-0.25, -0.2) is 4.79 Å². The molecule has 2 fully saturated rings. The zero-order chi connectivity index (χ0) is 14.8. The van der Waals surface area contributed by atoms with Gasteiger partial charge < -0.3 is 14.1 Å². The molecule has 1 saturated carbocycles. The summed E-state index contributed by atoms with van der Waals surface area (Å²) in [7, 11) is 0. The Morgan fingerprint density at radius 3 is 2.76 bits per heavy atom. The summed E-state index contributed by atoms with van der Waals surface area (Å²) in [5.41, 5.74) is -0.401. The Hall–Kier alpha value is -1.78. The number of rotatable bonds is 3. The molecule has 0 unspecified atom stereocenters. The van der Waals surface area contributed by atoms with E-state index < -0.39 is 5.63 Å². The number of amides is 1. The molecule has 0 radical (unpaired) electrons. The molecule has 114 valence electrons. The van der Waals surface area contributed by atoms with Crippen LogP contribution in [-0.2, 0) is 4.79 Å². The second-order valence-corrected chi connectivity index (χ2v) is 6.02. The molecule has 1 aromatic rings. The van der Waals surface area contributed by atoms with Crippen LogP contribution in [0.5, 0.6) is 5.75 Å². The topological polar surface area (TPSA) is 59.8 Å². The van der Waals surface area contributed by atoms with E-state index in [1.165, 1.54) is 18.9 Å². The molecule has 1 saturated heterocycles. The van der Waals surface area contributed by atoms with E-state index >= 15 is 0 Å². The molecule has 0 aromatic carbocycles. The molecule has 0 N–H and O–H groups in total. The van der Waals surface area contributed by atoms with Gasteiger partial charge in [0.25, 0.3) is 0 Å². The van der Waals surface area contributed by atoms with Crippen molar-refractivity contribution in [3.05, 3.63) is 28.3 Å². The normalized spacial score (nSPS) is 22.7. The van der Waals surface area contributed by atoms with E-state index in [1.807, 2.05) is 4.90 Å². The van der Waals surface area contributed by atoms with Crippen LogP contribution in [0.2, 0.25) is 0 Å². The number of hydrogen-bond donors (Lipinski definition) is 0. The Kier molecular flexibility index (Phi) is 3.99. The van der Waals surface area contributed by atoms with Crippen molar-refractivity contribution < 1.29 is 13.9 Å². The first-order valence-corrected chi connectivity index (χ1v) is 7.69. The van der Waals surface area contributed by atoms with Gasteiger partial charge in [-0.3, -0.25) is 4.79 Å². The van der Waals surface area contributed by atoms with E-state index in [0.29, 0.717) is 18.1 Å². The highest BCUT2D eigenvalue weighted by Gasteiger charge is 2.33. The lowest BCUT2D eigenvalue weighted by atomic mass is 10.1. The number of hydrogen-bond acceptors (Lipinski definition) is 4. The average Bonchev–Trinajstić information content (AvgIpc) is 3.07. The average molecular weight is 291 g/mol. The fourth-order valence-corrected chi connectivity index (χ4v) is 3.29. The molecule has 1 amide bonds. The third kappa shape index (κ3) is 3.28. The molecule has 2 aliphatic rings. The zero-order valence-electron chi connectivity index (χ0n) is 12.3. The van der Waals surface area contributed by atoms with Crippen molar-refractivity contribution in [1.82, 2.24) is 4.90 Å². The minimum absolute atomic E-state index is 0.0310. The molecule has 0 spiro atoms. The second-order valence-electron chi connectivity index (χ2n) is 6.02. The van der Waals surface area contributed by atoms with Gasteiger partial charge in [0.2, 0.25) is 5.91 Å². The maximum atomic E-state index is 12.4. The van der Waals surface area contributed by atoms with Gasteiger partial charge in [-0.15, -0.1) is 0 Å². The molecule has 21 heavy (non-hydrogen) atoms. The highest BCUT2D eigenvalue weighted by molar-refractivity contribution is 5.79. The summed E-state index contributed by atoms with van der Waals surface area (Å²) >= 11 is 0. The molecule has 2 heterocycles. The summed E-state index contributed by atoms with van der Waals surface area (Å²) in [5, 5.41) is 0. The Morgan fingerprint density at radius 2 is 2.05 bits per heavy atom. The largest absolute Gasteiger partial charge is 0.488 e. The van der Waals surface area contributed by atoms with E-state index in [2.05, 4.69) is 0 Å². The lowest BCUT2D eigenvalue weighted by molar-refractivity contribution is -0.134. The van der Waals surface area contributed by atoms with Crippen LogP contribution < -0.4 is 10.4 Å². The number of likely N-dealkylation sites (tertiary alicyclic amines) is 1. The Bertz CT molecular complexity index is 574. The summed E-state index contributed by atoms with van der Waals surface area (Å²) in [6.45, 7) is 3.09. The van der Waals surface area contributed by atoms with Crippen LogP contribution in [0.4, 0.5) is 0 Å². The number of carbonyl (C=O) groups is 1. The van der Waals surface area contributed by atoms with Crippen molar-refractivity contribution >= 4 is 5.91 Å². The molecule has 1 aliphatic heterocycles. The van der Waals surface area contributed by atoms with Gasteiger partial charge in [0.1, 0.15) is 17.6 Å². The molecule has 0 bridgehead atoms. The quantitative estimate of drug-likeness (QED) is 0.856. The maximum absolute atomic E-state index is 12.4. The first kappa shape index (κ1) is 14.2. The third-order valence-electron chi connectivity index (χ3n) is 4.33. The van der Waals surface area contributed by atoms with Crippen molar-refractivity contribution in [3.8, 4) is 5.75 Å². The van der Waals surface area contributed by atoms with Crippen molar-refractivity contribution in [2.75, 3.05) is 13.1 Å². The van der Waals surface area contributed by atoms with Crippen LogP contribution in [0.1, 0.15) is 37.9 Å². The Balaban J connectivity index is 1.59. The Labute approximate surface area is 123 Å². The van der Waals surface area contributed by atoms with Gasteiger partial charge in [0.05, 0.1) is 12.6 Å². The van der Waals surface area contributed by atoms with Crippen LogP contribution in [0.15, 0.2) is 21.3 Å². The fourth-order valence-electron chi connectivity index (χ4n) is 3.29. The summed E-state index contributed by atoms with van der Waals surface area (Å²) in [4.78, 5) is 25.6. The van der Waals surface area contributed by atoms with Gasteiger partial charge in [0, 0.05) is 24.9 Å². The van der Waals surface area contributed by atoms with Gasteiger partial charge in [-0.2, -0.15) is 0 Å². The number of carbonyl (C=O) groups excluding carboxylic acids is 1. The van der Waals surface area contributed by atoms with E-state index in [0.717, 1.165) is 25.8 Å². The zero-order valence-corrected chi connectivity index (χ0v) is 12.3. The van der Waals surface area contributed by atoms with E-state index in [1.54, 1.807) is 13.0 Å². The number of nitrogens with zero attached hydrogens (tertiary/aromatic N) is 1. The van der Waals surface area contributed by atoms with Crippen molar-refractivity contribution in [2.45, 2.75) is 45.1 Å². The standard InChI is InChI=1S/C16H21NO4/c1-11-8-14(9-15(18)20-11)21-13-6-7-17(10-13)16(19)12-4-2-3-5-12/h8-9,12-13H,2-7,10H2,1H3/t13-/m1/s1. The molecule has 5 nitrogen and oxygen atoms in total. The van der Waals surface area contributed by atoms with Crippen LogP contribution in [0, 0.1) is 12.8 Å². The fraction of sp³-hybridized carbons (Fsp3) is 0.625. The van der Waals surface area contributed by atoms with E-state index in [4.69, 9.17) is 9.15 Å². The molecule has 1 atom stereocenters. The SMILES string of the molecule is Cc1cc(O[C@@H]2CCN(C(=O)C3CCCC3)C2)cc(=O)o1. The van der Waals surface area contributed by atoms with Gasteiger partial charge in [0.15, 0.2) is 0 Å². The number of aryl methyl sites for hydroxylation is 1. The molecule has 1 aliphatic carbocycles. The van der Waals surface area contributed by atoms with Crippen LogP contribution >= 0.6 is 0 Å². The Morgan fingerprint density at radius 1 is 1.29 bits per heavy atom. The smallest absolute Gasteiger partial charge is 0.339 e.